The maximum absolute atomic E-state index is 5.51. The van der Waals surface area contributed by atoms with E-state index >= 15 is 0 Å². The number of aromatic nitrogens is 3. The van der Waals surface area contributed by atoms with E-state index in [2.05, 4.69) is 31.6 Å². The SMILES string of the molecule is Cn1c(CN2CCCCC2)nnc1C1CCN(C2CCOCC2)CC1. The van der Waals surface area contributed by atoms with Gasteiger partial charge in [0.15, 0.2) is 0 Å². The molecular formula is C19H33N5O. The van der Waals surface area contributed by atoms with Crippen molar-refractivity contribution in [1.29, 1.82) is 0 Å². The minimum atomic E-state index is 0.573. The van der Waals surface area contributed by atoms with E-state index in [-0.39, 0.29) is 0 Å². The van der Waals surface area contributed by atoms with E-state index in [1.54, 1.807) is 0 Å². The number of hydrogen-bond donors (Lipinski definition) is 0. The predicted molar refractivity (Wildman–Crippen MR) is 97.5 cm³/mol. The van der Waals surface area contributed by atoms with Crippen LogP contribution in [0.3, 0.4) is 0 Å². The number of likely N-dealkylation sites (tertiary alicyclic amines) is 2. The molecule has 0 amide bonds. The van der Waals surface area contributed by atoms with Crippen LogP contribution in [-0.2, 0) is 18.3 Å². The van der Waals surface area contributed by atoms with Gasteiger partial charge in [0.05, 0.1) is 6.54 Å². The summed E-state index contributed by atoms with van der Waals surface area (Å²) in [6.07, 6.45) is 8.88. The molecule has 3 aliphatic rings. The molecule has 0 radical (unpaired) electrons. The average Bonchev–Trinajstić information content (AvgIpc) is 3.04. The van der Waals surface area contributed by atoms with E-state index in [1.807, 2.05) is 0 Å². The summed E-state index contributed by atoms with van der Waals surface area (Å²) in [5.41, 5.74) is 0. The minimum absolute atomic E-state index is 0.573. The smallest absolute Gasteiger partial charge is 0.146 e. The van der Waals surface area contributed by atoms with Gasteiger partial charge < -0.3 is 14.2 Å². The first kappa shape index (κ1) is 17.4. The van der Waals surface area contributed by atoms with Crippen molar-refractivity contribution in [2.45, 2.75) is 63.5 Å². The van der Waals surface area contributed by atoms with Crippen molar-refractivity contribution in [1.82, 2.24) is 24.6 Å². The zero-order chi connectivity index (χ0) is 17.1. The lowest BCUT2D eigenvalue weighted by Crippen LogP contribution is -2.44. The summed E-state index contributed by atoms with van der Waals surface area (Å²) in [6.45, 7) is 7.66. The molecule has 0 unspecified atom stereocenters. The molecule has 1 aromatic heterocycles. The van der Waals surface area contributed by atoms with Crippen LogP contribution in [0.15, 0.2) is 0 Å². The zero-order valence-electron chi connectivity index (χ0n) is 15.7. The Morgan fingerprint density at radius 1 is 0.920 bits per heavy atom. The first-order valence-electron chi connectivity index (χ1n) is 10.2. The van der Waals surface area contributed by atoms with Gasteiger partial charge in [0.2, 0.25) is 0 Å². The molecule has 0 N–H and O–H groups in total. The monoisotopic (exact) mass is 347 g/mol. The number of nitrogens with zero attached hydrogens (tertiary/aromatic N) is 5. The first-order valence-corrected chi connectivity index (χ1v) is 10.2. The van der Waals surface area contributed by atoms with Gasteiger partial charge in [-0.3, -0.25) is 4.90 Å². The average molecular weight is 348 g/mol. The van der Waals surface area contributed by atoms with Gasteiger partial charge in [0.1, 0.15) is 11.6 Å². The highest BCUT2D eigenvalue weighted by atomic mass is 16.5. The van der Waals surface area contributed by atoms with Gasteiger partial charge in [-0.25, -0.2) is 0 Å². The summed E-state index contributed by atoms with van der Waals surface area (Å²) in [5.74, 6) is 2.92. The first-order chi connectivity index (χ1) is 12.3. The largest absolute Gasteiger partial charge is 0.381 e. The van der Waals surface area contributed by atoms with Gasteiger partial charge in [-0.1, -0.05) is 6.42 Å². The van der Waals surface area contributed by atoms with Crippen molar-refractivity contribution in [2.24, 2.45) is 7.05 Å². The van der Waals surface area contributed by atoms with Gasteiger partial charge in [-0.2, -0.15) is 0 Å². The molecule has 0 aliphatic carbocycles. The highest BCUT2D eigenvalue weighted by molar-refractivity contribution is 5.04. The Morgan fingerprint density at radius 3 is 2.36 bits per heavy atom. The third-order valence-corrected chi connectivity index (χ3v) is 6.41. The Hall–Kier alpha value is -0.980. The van der Waals surface area contributed by atoms with Crippen LogP contribution in [0, 0.1) is 0 Å². The summed E-state index contributed by atoms with van der Waals surface area (Å²) in [6, 6.07) is 0.740. The van der Waals surface area contributed by atoms with Crippen molar-refractivity contribution in [3.63, 3.8) is 0 Å². The fourth-order valence-electron chi connectivity index (χ4n) is 4.76. The summed E-state index contributed by atoms with van der Waals surface area (Å²) in [7, 11) is 2.17. The number of rotatable bonds is 4. The molecule has 3 fully saturated rings. The van der Waals surface area contributed by atoms with Crippen LogP contribution < -0.4 is 0 Å². The molecule has 140 valence electrons. The van der Waals surface area contributed by atoms with Gasteiger partial charge in [-0.05, 0) is 64.7 Å². The van der Waals surface area contributed by atoms with Crippen LogP contribution >= 0.6 is 0 Å². The minimum Gasteiger partial charge on any atom is -0.381 e. The lowest BCUT2D eigenvalue weighted by molar-refractivity contribution is 0.0247. The molecule has 0 aromatic carbocycles. The van der Waals surface area contributed by atoms with Crippen LogP contribution in [0.5, 0.6) is 0 Å². The van der Waals surface area contributed by atoms with Crippen molar-refractivity contribution in [3.05, 3.63) is 11.6 Å². The number of ether oxygens (including phenoxy) is 1. The Morgan fingerprint density at radius 2 is 1.64 bits per heavy atom. The summed E-state index contributed by atoms with van der Waals surface area (Å²) < 4.78 is 7.79. The molecule has 25 heavy (non-hydrogen) atoms. The van der Waals surface area contributed by atoms with Crippen LogP contribution in [0.4, 0.5) is 0 Å². The van der Waals surface area contributed by atoms with E-state index in [4.69, 9.17) is 4.74 Å². The Bertz CT molecular complexity index is 540. The zero-order valence-corrected chi connectivity index (χ0v) is 15.7. The van der Waals surface area contributed by atoms with Gasteiger partial charge in [0, 0.05) is 32.2 Å². The van der Waals surface area contributed by atoms with Gasteiger partial charge in [0.25, 0.3) is 0 Å². The van der Waals surface area contributed by atoms with Gasteiger partial charge >= 0.3 is 0 Å². The molecule has 6 heteroatoms. The molecule has 0 atom stereocenters. The second-order valence-corrected chi connectivity index (χ2v) is 8.02. The number of piperidine rings is 2. The second-order valence-electron chi connectivity index (χ2n) is 8.02. The van der Waals surface area contributed by atoms with E-state index in [9.17, 15) is 0 Å². The molecule has 4 rings (SSSR count). The fraction of sp³-hybridized carbons (Fsp3) is 0.895. The molecule has 6 nitrogen and oxygen atoms in total. The Balaban J connectivity index is 1.33. The molecular weight excluding hydrogens is 314 g/mol. The lowest BCUT2D eigenvalue weighted by Gasteiger charge is -2.38. The van der Waals surface area contributed by atoms with Crippen LogP contribution in [0.1, 0.15) is 62.5 Å². The molecule has 0 spiro atoms. The Labute approximate surface area is 151 Å². The lowest BCUT2D eigenvalue weighted by atomic mass is 9.93. The molecule has 4 heterocycles. The highest BCUT2D eigenvalue weighted by Gasteiger charge is 2.29. The fourth-order valence-corrected chi connectivity index (χ4v) is 4.76. The van der Waals surface area contributed by atoms with Crippen molar-refractivity contribution in [2.75, 3.05) is 39.4 Å². The normalized spacial score (nSPS) is 25.5. The maximum Gasteiger partial charge on any atom is 0.146 e. The summed E-state index contributed by atoms with van der Waals surface area (Å²) >= 11 is 0. The van der Waals surface area contributed by atoms with E-state index in [0.29, 0.717) is 5.92 Å². The van der Waals surface area contributed by atoms with Crippen LogP contribution in [0.25, 0.3) is 0 Å². The predicted octanol–water partition coefficient (Wildman–Crippen LogP) is 2.16. The standard InChI is InChI=1S/C19H33N5O/c1-22-18(15-23-9-3-2-4-10-23)20-21-19(22)16-5-11-24(12-6-16)17-7-13-25-14-8-17/h16-17H,2-15H2,1H3. The summed E-state index contributed by atoms with van der Waals surface area (Å²) in [4.78, 5) is 5.22. The molecule has 1 aromatic rings. The van der Waals surface area contributed by atoms with Crippen molar-refractivity contribution in [3.8, 4) is 0 Å². The van der Waals surface area contributed by atoms with E-state index in [0.717, 1.165) is 31.6 Å². The van der Waals surface area contributed by atoms with Crippen molar-refractivity contribution < 1.29 is 4.74 Å². The van der Waals surface area contributed by atoms with Crippen LogP contribution in [0.2, 0.25) is 0 Å². The Kier molecular flexibility index (Phi) is 5.68. The van der Waals surface area contributed by atoms with E-state index in [1.165, 1.54) is 76.9 Å². The highest BCUT2D eigenvalue weighted by Crippen LogP contribution is 2.29. The molecule has 0 bridgehead atoms. The molecule has 0 saturated carbocycles. The molecule has 3 aliphatic heterocycles. The topological polar surface area (TPSA) is 46.4 Å². The second kappa shape index (κ2) is 8.14. The molecule has 3 saturated heterocycles. The van der Waals surface area contributed by atoms with E-state index < -0.39 is 0 Å². The van der Waals surface area contributed by atoms with Gasteiger partial charge in [-0.15, -0.1) is 10.2 Å². The van der Waals surface area contributed by atoms with Crippen LogP contribution in [-0.4, -0.2) is 70.0 Å². The van der Waals surface area contributed by atoms with Crippen molar-refractivity contribution >= 4 is 0 Å². The maximum atomic E-state index is 5.51. The third-order valence-electron chi connectivity index (χ3n) is 6.41. The summed E-state index contributed by atoms with van der Waals surface area (Å²) in [5, 5.41) is 9.13. The number of hydrogen-bond acceptors (Lipinski definition) is 5. The third kappa shape index (κ3) is 4.07. The quantitative estimate of drug-likeness (QED) is 0.835.